The largest absolute Gasteiger partial charge is 0.340 e. The van der Waals surface area contributed by atoms with Crippen molar-refractivity contribution >= 4 is 46.3 Å². The van der Waals surface area contributed by atoms with Crippen LogP contribution in [0, 0.1) is 6.92 Å². The Hall–Kier alpha value is -2.30. The fraction of sp³-hybridized carbons (Fsp3) is 0.0588. The smallest absolute Gasteiger partial charge is 0.229 e. The molecule has 0 fully saturated rings. The van der Waals surface area contributed by atoms with Crippen LogP contribution in [0.25, 0.3) is 0 Å². The molecular weight excluding hydrogens is 331 g/mol. The maximum absolute atomic E-state index is 6.00. The summed E-state index contributed by atoms with van der Waals surface area (Å²) in [6.45, 7) is 2.03. The van der Waals surface area contributed by atoms with Crippen LogP contribution in [0.4, 0.5) is 23.1 Å². The highest BCUT2D eigenvalue weighted by molar-refractivity contribution is 6.35. The van der Waals surface area contributed by atoms with Crippen molar-refractivity contribution in [3.05, 3.63) is 70.3 Å². The standard InChI is InChI=1S/C17H14Cl2N4/c1-11-3-2-4-14(7-11)22-17-20-6-5-16(23-17)21-15-9-12(18)8-13(19)10-15/h2-10H,1H3,(H2,20,21,22,23). The molecule has 0 spiro atoms. The van der Waals surface area contributed by atoms with E-state index in [4.69, 9.17) is 23.2 Å². The zero-order valence-electron chi connectivity index (χ0n) is 12.3. The molecule has 0 atom stereocenters. The van der Waals surface area contributed by atoms with Crippen LogP contribution in [-0.2, 0) is 0 Å². The third-order valence-corrected chi connectivity index (χ3v) is 3.50. The first-order valence-electron chi connectivity index (χ1n) is 6.98. The second kappa shape index (κ2) is 6.86. The molecule has 2 N–H and O–H groups in total. The van der Waals surface area contributed by atoms with Gasteiger partial charge in [0.15, 0.2) is 0 Å². The summed E-state index contributed by atoms with van der Waals surface area (Å²) in [6, 6.07) is 15.0. The molecule has 116 valence electrons. The fourth-order valence-corrected chi connectivity index (χ4v) is 2.64. The Bertz CT molecular complexity index is 816. The van der Waals surface area contributed by atoms with Gasteiger partial charge in [0, 0.05) is 27.6 Å². The summed E-state index contributed by atoms with van der Waals surface area (Å²) in [5.41, 5.74) is 2.87. The first-order valence-corrected chi connectivity index (χ1v) is 7.74. The van der Waals surface area contributed by atoms with Gasteiger partial charge in [-0.05, 0) is 48.9 Å². The molecule has 0 radical (unpaired) electrons. The van der Waals surface area contributed by atoms with Gasteiger partial charge in [0.1, 0.15) is 5.82 Å². The second-order valence-electron chi connectivity index (χ2n) is 5.04. The van der Waals surface area contributed by atoms with Gasteiger partial charge in [0.2, 0.25) is 5.95 Å². The fourth-order valence-electron chi connectivity index (χ4n) is 2.11. The van der Waals surface area contributed by atoms with Gasteiger partial charge in [-0.2, -0.15) is 4.98 Å². The van der Waals surface area contributed by atoms with E-state index < -0.39 is 0 Å². The van der Waals surface area contributed by atoms with E-state index in [2.05, 4.69) is 20.6 Å². The molecule has 23 heavy (non-hydrogen) atoms. The highest BCUT2D eigenvalue weighted by atomic mass is 35.5. The Kier molecular flexibility index (Phi) is 4.65. The molecule has 0 aliphatic rings. The van der Waals surface area contributed by atoms with Gasteiger partial charge in [0.25, 0.3) is 0 Å². The van der Waals surface area contributed by atoms with Crippen LogP contribution in [-0.4, -0.2) is 9.97 Å². The highest BCUT2D eigenvalue weighted by Crippen LogP contribution is 2.25. The van der Waals surface area contributed by atoms with Gasteiger partial charge >= 0.3 is 0 Å². The van der Waals surface area contributed by atoms with Crippen LogP contribution >= 0.6 is 23.2 Å². The minimum Gasteiger partial charge on any atom is -0.340 e. The molecule has 0 unspecified atom stereocenters. The predicted octanol–water partition coefficient (Wildman–Crippen LogP) is 5.58. The SMILES string of the molecule is Cc1cccc(Nc2nccc(Nc3cc(Cl)cc(Cl)c3)n2)c1. The molecular formula is C17H14Cl2N4. The topological polar surface area (TPSA) is 49.8 Å². The summed E-state index contributed by atoms with van der Waals surface area (Å²) >= 11 is 12.0. The number of nitrogens with zero attached hydrogens (tertiary/aromatic N) is 2. The maximum Gasteiger partial charge on any atom is 0.229 e. The van der Waals surface area contributed by atoms with Crippen LogP contribution in [0.3, 0.4) is 0 Å². The van der Waals surface area contributed by atoms with Crippen LogP contribution < -0.4 is 10.6 Å². The Morgan fingerprint density at radius 2 is 1.65 bits per heavy atom. The monoisotopic (exact) mass is 344 g/mol. The number of nitrogens with one attached hydrogen (secondary N) is 2. The summed E-state index contributed by atoms with van der Waals surface area (Å²) in [5.74, 6) is 1.15. The van der Waals surface area contributed by atoms with Crippen molar-refractivity contribution in [1.82, 2.24) is 9.97 Å². The molecule has 4 nitrogen and oxygen atoms in total. The summed E-state index contributed by atoms with van der Waals surface area (Å²) in [6.07, 6.45) is 1.68. The van der Waals surface area contributed by atoms with E-state index in [9.17, 15) is 0 Å². The van der Waals surface area contributed by atoms with Gasteiger partial charge in [0.05, 0.1) is 0 Å². The van der Waals surface area contributed by atoms with Gasteiger partial charge in [-0.3, -0.25) is 0 Å². The van der Waals surface area contributed by atoms with Gasteiger partial charge in [-0.1, -0.05) is 35.3 Å². The van der Waals surface area contributed by atoms with E-state index in [-0.39, 0.29) is 0 Å². The molecule has 0 aliphatic heterocycles. The second-order valence-corrected chi connectivity index (χ2v) is 5.92. The van der Waals surface area contributed by atoms with Crippen molar-refractivity contribution in [2.24, 2.45) is 0 Å². The molecule has 1 aromatic heterocycles. The molecule has 3 rings (SSSR count). The number of hydrogen-bond acceptors (Lipinski definition) is 4. The van der Waals surface area contributed by atoms with Crippen LogP contribution in [0.1, 0.15) is 5.56 Å². The lowest BCUT2D eigenvalue weighted by Crippen LogP contribution is -2.00. The normalized spacial score (nSPS) is 10.4. The third kappa shape index (κ3) is 4.34. The van der Waals surface area contributed by atoms with E-state index in [0.29, 0.717) is 21.8 Å². The average Bonchev–Trinajstić information content (AvgIpc) is 2.46. The van der Waals surface area contributed by atoms with Crippen LogP contribution in [0.2, 0.25) is 10.0 Å². The summed E-state index contributed by atoms with van der Waals surface area (Å²) < 4.78 is 0. The molecule has 0 saturated carbocycles. The Morgan fingerprint density at radius 3 is 2.39 bits per heavy atom. The molecule has 3 aromatic rings. The molecule has 0 amide bonds. The number of hydrogen-bond donors (Lipinski definition) is 2. The molecule has 2 aromatic carbocycles. The highest BCUT2D eigenvalue weighted by Gasteiger charge is 2.03. The quantitative estimate of drug-likeness (QED) is 0.648. The molecule has 0 aliphatic carbocycles. The first kappa shape index (κ1) is 15.6. The van der Waals surface area contributed by atoms with E-state index in [1.165, 1.54) is 0 Å². The number of aryl methyl sites for hydroxylation is 1. The number of anilines is 4. The van der Waals surface area contributed by atoms with Crippen molar-refractivity contribution in [2.75, 3.05) is 10.6 Å². The van der Waals surface area contributed by atoms with Crippen molar-refractivity contribution in [2.45, 2.75) is 6.92 Å². The van der Waals surface area contributed by atoms with Crippen LogP contribution in [0.15, 0.2) is 54.7 Å². The Balaban J connectivity index is 1.79. The van der Waals surface area contributed by atoms with Crippen molar-refractivity contribution in [3.8, 4) is 0 Å². The van der Waals surface area contributed by atoms with Crippen molar-refractivity contribution in [1.29, 1.82) is 0 Å². The van der Waals surface area contributed by atoms with Gasteiger partial charge < -0.3 is 10.6 Å². The van der Waals surface area contributed by atoms with E-state index in [1.807, 2.05) is 31.2 Å². The predicted molar refractivity (Wildman–Crippen MR) is 96.2 cm³/mol. The Labute approximate surface area is 144 Å². The third-order valence-electron chi connectivity index (χ3n) is 3.06. The average molecular weight is 345 g/mol. The summed E-state index contributed by atoms with van der Waals surface area (Å²) in [7, 11) is 0. The van der Waals surface area contributed by atoms with E-state index in [1.54, 1.807) is 30.5 Å². The maximum atomic E-state index is 6.00. The van der Waals surface area contributed by atoms with Gasteiger partial charge in [-0.25, -0.2) is 4.98 Å². The first-order chi connectivity index (χ1) is 11.1. The molecule has 0 saturated heterocycles. The van der Waals surface area contributed by atoms with Gasteiger partial charge in [-0.15, -0.1) is 0 Å². The lowest BCUT2D eigenvalue weighted by Gasteiger charge is -2.09. The summed E-state index contributed by atoms with van der Waals surface area (Å²) in [5, 5.41) is 7.47. The molecule has 1 heterocycles. The van der Waals surface area contributed by atoms with Crippen molar-refractivity contribution < 1.29 is 0 Å². The summed E-state index contributed by atoms with van der Waals surface area (Å²) in [4.78, 5) is 8.66. The number of halogens is 2. The molecule has 0 bridgehead atoms. The lowest BCUT2D eigenvalue weighted by molar-refractivity contribution is 1.16. The molecule has 6 heteroatoms. The van der Waals surface area contributed by atoms with E-state index >= 15 is 0 Å². The number of rotatable bonds is 4. The number of benzene rings is 2. The van der Waals surface area contributed by atoms with Crippen LogP contribution in [0.5, 0.6) is 0 Å². The Morgan fingerprint density at radius 1 is 0.870 bits per heavy atom. The minimum absolute atomic E-state index is 0.508. The minimum atomic E-state index is 0.508. The lowest BCUT2D eigenvalue weighted by atomic mass is 10.2. The zero-order chi connectivity index (χ0) is 16.2. The zero-order valence-corrected chi connectivity index (χ0v) is 13.9. The van der Waals surface area contributed by atoms with Crippen molar-refractivity contribution in [3.63, 3.8) is 0 Å². The van der Waals surface area contributed by atoms with E-state index in [0.717, 1.165) is 16.9 Å². The number of aromatic nitrogens is 2.